The Hall–Kier alpha value is -0.130. The Bertz CT molecular complexity index is 184. The average Bonchev–Trinajstić information content (AvgIpc) is 2.14. The summed E-state index contributed by atoms with van der Waals surface area (Å²) in [7, 11) is 0. The second-order valence-corrected chi connectivity index (χ2v) is 4.27. The zero-order chi connectivity index (χ0) is 9.84. The normalized spacial score (nSPS) is 24.2. The largest absolute Gasteiger partial charge is 0.394 e. The lowest BCUT2D eigenvalue weighted by atomic mass is 10.1. The van der Waals surface area contributed by atoms with Gasteiger partial charge in [0, 0.05) is 6.54 Å². The molecule has 0 aromatic rings. The molecule has 0 bridgehead atoms. The SMILES string of the molecule is O=C1C(Br)CCCN1C(CO)CO. The van der Waals surface area contributed by atoms with E-state index in [4.69, 9.17) is 10.2 Å². The summed E-state index contributed by atoms with van der Waals surface area (Å²) in [5, 5.41) is 17.8. The van der Waals surface area contributed by atoms with E-state index in [-0.39, 0.29) is 23.9 Å². The highest BCUT2D eigenvalue weighted by molar-refractivity contribution is 9.10. The lowest BCUT2D eigenvalue weighted by Crippen LogP contribution is -2.50. The van der Waals surface area contributed by atoms with E-state index in [9.17, 15) is 4.79 Å². The number of nitrogens with zero attached hydrogens (tertiary/aromatic N) is 1. The molecule has 0 radical (unpaired) electrons. The van der Waals surface area contributed by atoms with Gasteiger partial charge in [0.15, 0.2) is 0 Å². The third kappa shape index (κ3) is 2.42. The fraction of sp³-hybridized carbons (Fsp3) is 0.875. The fourth-order valence-corrected chi connectivity index (χ4v) is 2.06. The molecule has 2 N–H and O–H groups in total. The van der Waals surface area contributed by atoms with Crippen LogP contribution in [0.25, 0.3) is 0 Å². The number of alkyl halides is 1. The third-order valence-electron chi connectivity index (χ3n) is 2.27. The van der Waals surface area contributed by atoms with E-state index in [1.807, 2.05) is 0 Å². The number of carbonyl (C=O) groups excluding carboxylic acids is 1. The van der Waals surface area contributed by atoms with Crippen molar-refractivity contribution in [2.24, 2.45) is 0 Å². The quantitative estimate of drug-likeness (QED) is 0.679. The summed E-state index contributed by atoms with van der Waals surface area (Å²) in [5.74, 6) is -0.0284. The molecule has 1 heterocycles. The van der Waals surface area contributed by atoms with E-state index in [1.54, 1.807) is 4.90 Å². The molecule has 4 nitrogen and oxygen atoms in total. The van der Waals surface area contributed by atoms with Crippen LogP contribution in [0, 0.1) is 0 Å². The van der Waals surface area contributed by atoms with Gasteiger partial charge in [0.05, 0.1) is 24.1 Å². The van der Waals surface area contributed by atoms with Gasteiger partial charge in [-0.1, -0.05) is 15.9 Å². The Morgan fingerprint density at radius 1 is 1.54 bits per heavy atom. The summed E-state index contributed by atoms with van der Waals surface area (Å²) < 4.78 is 0. The van der Waals surface area contributed by atoms with Crippen molar-refractivity contribution in [2.45, 2.75) is 23.7 Å². The number of rotatable bonds is 3. The molecule has 0 aliphatic carbocycles. The number of hydrogen-bond donors (Lipinski definition) is 2. The summed E-state index contributed by atoms with van der Waals surface area (Å²) >= 11 is 3.27. The van der Waals surface area contributed by atoms with Gasteiger partial charge in [0.25, 0.3) is 0 Å². The maximum atomic E-state index is 11.5. The standard InChI is InChI=1S/C8H14BrNO3/c9-7-2-1-3-10(8(7)13)6(4-11)5-12/h6-7,11-12H,1-5H2. The third-order valence-corrected chi connectivity index (χ3v) is 3.12. The van der Waals surface area contributed by atoms with Crippen LogP contribution >= 0.6 is 15.9 Å². The Kier molecular flexibility index (Phi) is 4.15. The Balaban J connectivity index is 2.61. The highest BCUT2D eigenvalue weighted by Gasteiger charge is 2.30. The second-order valence-electron chi connectivity index (χ2n) is 3.16. The first-order valence-electron chi connectivity index (χ1n) is 4.37. The predicted octanol–water partition coefficient (Wildman–Crippen LogP) is -0.275. The van der Waals surface area contributed by atoms with Crippen LogP contribution in [-0.2, 0) is 4.79 Å². The van der Waals surface area contributed by atoms with Gasteiger partial charge in [-0.05, 0) is 12.8 Å². The summed E-state index contributed by atoms with van der Waals surface area (Å²) in [5.41, 5.74) is 0. The minimum absolute atomic E-state index is 0.0284. The van der Waals surface area contributed by atoms with Crippen molar-refractivity contribution in [3.63, 3.8) is 0 Å². The van der Waals surface area contributed by atoms with Gasteiger partial charge in [-0.3, -0.25) is 4.79 Å². The van der Waals surface area contributed by atoms with E-state index in [1.165, 1.54) is 0 Å². The topological polar surface area (TPSA) is 60.8 Å². The fourth-order valence-electron chi connectivity index (χ4n) is 1.47. The number of hydrogen-bond acceptors (Lipinski definition) is 3. The summed E-state index contributed by atoms with van der Waals surface area (Å²) in [6.45, 7) is 0.274. The van der Waals surface area contributed by atoms with E-state index in [0.717, 1.165) is 12.8 Å². The number of halogens is 1. The van der Waals surface area contributed by atoms with Crippen LogP contribution in [0.3, 0.4) is 0 Å². The van der Waals surface area contributed by atoms with Gasteiger partial charge in [0.1, 0.15) is 0 Å². The first kappa shape index (κ1) is 10.9. The predicted molar refractivity (Wildman–Crippen MR) is 51.6 cm³/mol. The van der Waals surface area contributed by atoms with Crippen LogP contribution in [0.15, 0.2) is 0 Å². The van der Waals surface area contributed by atoms with Crippen LogP contribution in [-0.4, -0.2) is 51.6 Å². The van der Waals surface area contributed by atoms with Crippen LogP contribution in [0.2, 0.25) is 0 Å². The van der Waals surface area contributed by atoms with E-state index in [0.29, 0.717) is 6.54 Å². The van der Waals surface area contributed by atoms with Crippen molar-refractivity contribution in [3.8, 4) is 0 Å². The van der Waals surface area contributed by atoms with E-state index in [2.05, 4.69) is 15.9 Å². The highest BCUT2D eigenvalue weighted by atomic mass is 79.9. The van der Waals surface area contributed by atoms with E-state index >= 15 is 0 Å². The molecule has 1 saturated heterocycles. The molecule has 1 aliphatic rings. The molecule has 13 heavy (non-hydrogen) atoms. The zero-order valence-electron chi connectivity index (χ0n) is 7.32. The zero-order valence-corrected chi connectivity index (χ0v) is 8.90. The molecule has 0 saturated carbocycles. The lowest BCUT2D eigenvalue weighted by Gasteiger charge is -2.34. The van der Waals surface area contributed by atoms with Gasteiger partial charge in [-0.25, -0.2) is 0 Å². The Morgan fingerprint density at radius 3 is 2.69 bits per heavy atom. The Morgan fingerprint density at radius 2 is 2.15 bits per heavy atom. The Labute approximate surface area is 85.7 Å². The van der Waals surface area contributed by atoms with Crippen LogP contribution in [0.4, 0.5) is 0 Å². The van der Waals surface area contributed by atoms with Crippen LogP contribution in [0.1, 0.15) is 12.8 Å². The number of piperidine rings is 1. The first-order valence-corrected chi connectivity index (χ1v) is 5.28. The second kappa shape index (κ2) is 4.93. The monoisotopic (exact) mass is 251 g/mol. The molecular formula is C8H14BrNO3. The molecule has 1 unspecified atom stereocenters. The lowest BCUT2D eigenvalue weighted by molar-refractivity contribution is -0.137. The van der Waals surface area contributed by atoms with Crippen LogP contribution < -0.4 is 0 Å². The number of aliphatic hydroxyl groups excluding tert-OH is 2. The minimum Gasteiger partial charge on any atom is -0.394 e. The molecule has 1 aliphatic heterocycles. The van der Waals surface area contributed by atoms with Crippen molar-refractivity contribution in [2.75, 3.05) is 19.8 Å². The van der Waals surface area contributed by atoms with E-state index < -0.39 is 6.04 Å². The molecule has 1 rings (SSSR count). The molecule has 76 valence electrons. The minimum atomic E-state index is -0.437. The first-order chi connectivity index (χ1) is 6.20. The van der Waals surface area contributed by atoms with Crippen molar-refractivity contribution in [1.82, 2.24) is 4.90 Å². The van der Waals surface area contributed by atoms with Gasteiger partial charge in [-0.2, -0.15) is 0 Å². The number of aliphatic hydroxyl groups is 2. The smallest absolute Gasteiger partial charge is 0.236 e. The molecule has 1 fully saturated rings. The molecular weight excluding hydrogens is 238 g/mol. The van der Waals surface area contributed by atoms with Crippen molar-refractivity contribution < 1.29 is 15.0 Å². The average molecular weight is 252 g/mol. The molecule has 5 heteroatoms. The molecule has 0 spiro atoms. The van der Waals surface area contributed by atoms with Crippen molar-refractivity contribution >= 4 is 21.8 Å². The highest BCUT2D eigenvalue weighted by Crippen LogP contribution is 2.20. The van der Waals surface area contributed by atoms with Crippen molar-refractivity contribution in [3.05, 3.63) is 0 Å². The maximum Gasteiger partial charge on any atom is 0.236 e. The van der Waals surface area contributed by atoms with Crippen LogP contribution in [0.5, 0.6) is 0 Å². The summed E-state index contributed by atoms with van der Waals surface area (Å²) in [6, 6.07) is -0.437. The number of carbonyl (C=O) groups is 1. The number of amides is 1. The molecule has 0 aromatic heterocycles. The molecule has 1 atom stereocenters. The van der Waals surface area contributed by atoms with Gasteiger partial charge in [-0.15, -0.1) is 0 Å². The number of likely N-dealkylation sites (tertiary alicyclic amines) is 1. The van der Waals surface area contributed by atoms with Gasteiger partial charge < -0.3 is 15.1 Å². The summed E-state index contributed by atoms with van der Waals surface area (Å²) in [4.78, 5) is 12.9. The maximum absolute atomic E-state index is 11.5. The van der Waals surface area contributed by atoms with Gasteiger partial charge in [0.2, 0.25) is 5.91 Å². The molecule has 0 aromatic carbocycles. The van der Waals surface area contributed by atoms with Gasteiger partial charge >= 0.3 is 0 Å². The summed E-state index contributed by atoms with van der Waals surface area (Å²) in [6.07, 6.45) is 1.75. The van der Waals surface area contributed by atoms with Crippen molar-refractivity contribution in [1.29, 1.82) is 0 Å². The molecule has 1 amide bonds.